The number of aryl methyl sites for hydroxylation is 4. The van der Waals surface area contributed by atoms with Gasteiger partial charge < -0.3 is 11.5 Å². The molecule has 2 aromatic carbocycles. The Hall–Kier alpha value is -3.68. The van der Waals surface area contributed by atoms with E-state index in [1.807, 2.05) is 21.5 Å². The maximum Gasteiger partial charge on any atom is 0.296 e. The maximum atomic E-state index is 6.07. The second-order valence-electron chi connectivity index (χ2n) is 8.95. The van der Waals surface area contributed by atoms with Crippen LogP contribution >= 0.6 is 0 Å². The lowest BCUT2D eigenvalue weighted by atomic mass is 10.1. The molecule has 4 rings (SSSR count). The molecule has 184 valence electrons. The van der Waals surface area contributed by atoms with Gasteiger partial charge in [-0.2, -0.15) is 0 Å². The Bertz CT molecular complexity index is 1070. The molecule has 0 bridgehead atoms. The summed E-state index contributed by atoms with van der Waals surface area (Å²) in [6.45, 7) is 1.58. The van der Waals surface area contributed by atoms with E-state index >= 15 is 0 Å². The number of anilines is 2. The molecule has 0 radical (unpaired) electrons. The van der Waals surface area contributed by atoms with Crippen molar-refractivity contribution in [1.82, 2.24) is 10.5 Å². The van der Waals surface area contributed by atoms with E-state index in [1.54, 1.807) is 0 Å². The Labute approximate surface area is 206 Å². The van der Waals surface area contributed by atoms with Crippen LogP contribution in [-0.4, -0.2) is 10.5 Å². The van der Waals surface area contributed by atoms with Crippen LogP contribution in [0.4, 0.5) is 11.8 Å². The Morgan fingerprint density at radius 2 is 0.971 bits per heavy atom. The van der Waals surface area contributed by atoms with Gasteiger partial charge in [0.2, 0.25) is 10.5 Å². The number of aromatic nitrogens is 4. The summed E-state index contributed by atoms with van der Waals surface area (Å²) in [6, 6.07) is 21.1. The molecule has 35 heavy (non-hydrogen) atoms. The summed E-state index contributed by atoms with van der Waals surface area (Å²) >= 11 is 0. The number of nitrogens with two attached hydrogens (primary N) is 2. The van der Waals surface area contributed by atoms with Crippen LogP contribution in [0.3, 0.4) is 0 Å². The SMILES string of the molecule is Nc1on[n+](CCCCc2ccccc2)c1CCCc1c(N)on[n+]1CCCCc1ccccc1. The van der Waals surface area contributed by atoms with Gasteiger partial charge in [-0.3, -0.25) is 9.05 Å². The summed E-state index contributed by atoms with van der Waals surface area (Å²) in [6.07, 6.45) is 8.68. The fourth-order valence-corrected chi connectivity index (χ4v) is 4.39. The van der Waals surface area contributed by atoms with Crippen LogP contribution in [0.2, 0.25) is 0 Å². The highest BCUT2D eigenvalue weighted by Gasteiger charge is 2.25. The number of unbranched alkanes of at least 4 members (excludes halogenated alkanes) is 2. The van der Waals surface area contributed by atoms with Crippen molar-refractivity contribution >= 4 is 11.8 Å². The monoisotopic (exact) mass is 476 g/mol. The van der Waals surface area contributed by atoms with Crippen LogP contribution in [0.1, 0.15) is 54.6 Å². The minimum Gasteiger partial charge on any atom is -0.362 e. The average Bonchev–Trinajstić information content (AvgIpc) is 3.42. The summed E-state index contributed by atoms with van der Waals surface area (Å²) in [5.41, 5.74) is 16.7. The molecule has 0 aliphatic heterocycles. The number of nitrogen functional groups attached to an aromatic ring is 2. The smallest absolute Gasteiger partial charge is 0.296 e. The second kappa shape index (κ2) is 12.7. The molecule has 4 aromatic rings. The van der Waals surface area contributed by atoms with E-state index in [2.05, 4.69) is 59.1 Å². The van der Waals surface area contributed by atoms with E-state index in [1.165, 1.54) is 11.1 Å². The van der Waals surface area contributed by atoms with Crippen molar-refractivity contribution in [2.24, 2.45) is 0 Å². The van der Waals surface area contributed by atoms with Crippen LogP contribution in [-0.2, 0) is 38.8 Å². The molecular weight excluding hydrogens is 440 g/mol. The third kappa shape index (κ3) is 7.15. The van der Waals surface area contributed by atoms with Crippen molar-refractivity contribution in [3.63, 3.8) is 0 Å². The Morgan fingerprint density at radius 1 is 0.543 bits per heavy atom. The van der Waals surface area contributed by atoms with Crippen LogP contribution in [0, 0.1) is 0 Å². The highest BCUT2D eigenvalue weighted by atomic mass is 16.5. The van der Waals surface area contributed by atoms with Gasteiger partial charge in [-0.25, -0.2) is 0 Å². The minimum atomic E-state index is 0.389. The fourth-order valence-electron chi connectivity index (χ4n) is 4.39. The normalized spacial score (nSPS) is 11.2. The largest absolute Gasteiger partial charge is 0.362 e. The van der Waals surface area contributed by atoms with Crippen LogP contribution in [0.25, 0.3) is 0 Å². The maximum absolute atomic E-state index is 6.07. The van der Waals surface area contributed by atoms with Gasteiger partial charge in [-0.15, -0.1) is 0 Å². The van der Waals surface area contributed by atoms with Gasteiger partial charge in [0.25, 0.3) is 23.2 Å². The van der Waals surface area contributed by atoms with E-state index < -0.39 is 0 Å². The molecular formula is C27H36N6O2+2. The molecule has 0 saturated carbocycles. The zero-order valence-electron chi connectivity index (χ0n) is 20.3. The highest BCUT2D eigenvalue weighted by molar-refractivity contribution is 5.27. The lowest BCUT2D eigenvalue weighted by Crippen LogP contribution is -2.41. The Morgan fingerprint density at radius 3 is 1.40 bits per heavy atom. The first kappa shape index (κ1) is 24.4. The Balaban J connectivity index is 1.22. The predicted octanol–water partition coefficient (Wildman–Crippen LogP) is 3.62. The summed E-state index contributed by atoms with van der Waals surface area (Å²) in [7, 11) is 0. The zero-order chi connectivity index (χ0) is 24.3. The van der Waals surface area contributed by atoms with E-state index in [0.29, 0.717) is 11.8 Å². The van der Waals surface area contributed by atoms with Gasteiger partial charge in [-0.1, -0.05) is 60.7 Å². The first-order valence-electron chi connectivity index (χ1n) is 12.6. The molecule has 8 nitrogen and oxygen atoms in total. The molecule has 0 aliphatic rings. The van der Waals surface area contributed by atoms with Gasteiger partial charge in [0, 0.05) is 25.7 Å². The molecule has 0 saturated heterocycles. The minimum absolute atomic E-state index is 0.389. The van der Waals surface area contributed by atoms with Crippen molar-refractivity contribution in [3.05, 3.63) is 83.2 Å². The van der Waals surface area contributed by atoms with Crippen molar-refractivity contribution < 1.29 is 18.4 Å². The molecule has 0 unspecified atom stereocenters. The summed E-state index contributed by atoms with van der Waals surface area (Å²) < 4.78 is 14.4. The van der Waals surface area contributed by atoms with Crippen LogP contribution in [0.15, 0.2) is 69.7 Å². The molecule has 2 heterocycles. The number of rotatable bonds is 14. The van der Waals surface area contributed by atoms with Gasteiger partial charge in [0.05, 0.1) is 0 Å². The zero-order valence-corrected chi connectivity index (χ0v) is 20.3. The first-order chi connectivity index (χ1) is 17.2. The fraction of sp³-hybridized carbons (Fsp3) is 0.407. The van der Waals surface area contributed by atoms with Crippen molar-refractivity contribution in [2.45, 2.75) is 70.9 Å². The van der Waals surface area contributed by atoms with E-state index in [4.69, 9.17) is 20.5 Å². The molecule has 0 fully saturated rings. The lowest BCUT2D eigenvalue weighted by Gasteiger charge is -2.00. The lowest BCUT2D eigenvalue weighted by molar-refractivity contribution is -0.769. The molecule has 8 heteroatoms. The van der Waals surface area contributed by atoms with Gasteiger partial charge in [0.15, 0.2) is 13.1 Å². The quantitative estimate of drug-likeness (QED) is 0.212. The summed E-state index contributed by atoms with van der Waals surface area (Å²) in [4.78, 5) is 0. The molecule has 0 amide bonds. The highest BCUT2D eigenvalue weighted by Crippen LogP contribution is 2.14. The molecule has 0 aliphatic carbocycles. The molecule has 0 atom stereocenters. The predicted molar refractivity (Wildman–Crippen MR) is 133 cm³/mol. The van der Waals surface area contributed by atoms with E-state index in [-0.39, 0.29) is 0 Å². The number of benzene rings is 2. The van der Waals surface area contributed by atoms with Gasteiger partial charge >= 0.3 is 0 Å². The molecule has 2 aromatic heterocycles. The summed E-state index contributed by atoms with van der Waals surface area (Å²) in [5, 5.41) is 8.28. The van der Waals surface area contributed by atoms with E-state index in [9.17, 15) is 0 Å². The van der Waals surface area contributed by atoms with Crippen LogP contribution < -0.4 is 20.8 Å². The topological polar surface area (TPSA) is 112 Å². The van der Waals surface area contributed by atoms with Crippen molar-refractivity contribution in [2.75, 3.05) is 11.5 Å². The van der Waals surface area contributed by atoms with Gasteiger partial charge in [-0.05, 0) is 52.6 Å². The standard InChI is InChI=1S/C27H36N6O2/c28-26-24(32(30-34-26)20-9-7-16-22-12-3-1-4-13-22)18-11-19-25-27(29)35-31-33(25)21-10-8-17-23-14-5-2-6-15-23/h1-6,12-15H,7-11,16-21,28-29H2/q+2. The third-order valence-electron chi connectivity index (χ3n) is 6.35. The molecule has 0 spiro atoms. The van der Waals surface area contributed by atoms with Crippen molar-refractivity contribution in [3.8, 4) is 0 Å². The van der Waals surface area contributed by atoms with Crippen molar-refractivity contribution in [1.29, 1.82) is 0 Å². The van der Waals surface area contributed by atoms with Crippen LogP contribution in [0.5, 0.6) is 0 Å². The molecule has 4 N–H and O–H groups in total. The van der Waals surface area contributed by atoms with Gasteiger partial charge in [0.1, 0.15) is 0 Å². The average molecular weight is 477 g/mol. The first-order valence-corrected chi connectivity index (χ1v) is 12.6. The second-order valence-corrected chi connectivity index (χ2v) is 8.95. The third-order valence-corrected chi connectivity index (χ3v) is 6.35. The van der Waals surface area contributed by atoms with E-state index in [0.717, 1.165) is 82.3 Å². The number of hydrogen-bond acceptors (Lipinski definition) is 6. The summed E-state index contributed by atoms with van der Waals surface area (Å²) in [5.74, 6) is 0.778. The Kier molecular flexibility index (Phi) is 8.86. The number of hydrogen-bond donors (Lipinski definition) is 2. The number of nitrogens with zero attached hydrogens (tertiary/aromatic N) is 4.